The molecule has 3 aromatic rings. The number of hydrogen-bond acceptors (Lipinski definition) is 5. The quantitative estimate of drug-likeness (QED) is 0.349. The molecule has 36 heavy (non-hydrogen) atoms. The number of anilines is 3. The van der Waals surface area contributed by atoms with Gasteiger partial charge in [-0.05, 0) is 73.2 Å². The second kappa shape index (κ2) is 11.5. The minimum atomic E-state index is -3.94. The molecular formula is C23H22Cl2FN3O5S2. The first-order valence-electron chi connectivity index (χ1n) is 10.5. The van der Waals surface area contributed by atoms with Crippen molar-refractivity contribution in [3.8, 4) is 0 Å². The van der Waals surface area contributed by atoms with Crippen molar-refractivity contribution in [3.63, 3.8) is 0 Å². The average molecular weight is 574 g/mol. The number of rotatable bonds is 10. The van der Waals surface area contributed by atoms with Crippen molar-refractivity contribution in [2.75, 3.05) is 27.1 Å². The predicted molar refractivity (Wildman–Crippen MR) is 140 cm³/mol. The highest BCUT2D eigenvalue weighted by atomic mass is 35.5. The molecule has 0 bridgehead atoms. The van der Waals surface area contributed by atoms with Crippen molar-refractivity contribution < 1.29 is 26.0 Å². The highest BCUT2D eigenvalue weighted by molar-refractivity contribution is 7.92. The standard InChI is InChI=1S/C23H22Cl2FN3O5S2/c1-35(31,32)29(19-9-5-17(26)6-10-19)14-2-3-23(30)27-18-7-11-20(12-8-18)36(33,34)28-22-13-4-16(24)15-21(22)25/h4-13,15,28H,2-3,14H2,1H3,(H,27,30). The average Bonchev–Trinajstić information content (AvgIpc) is 2.79. The smallest absolute Gasteiger partial charge is 0.261 e. The summed E-state index contributed by atoms with van der Waals surface area (Å²) < 4.78 is 66.1. The topological polar surface area (TPSA) is 113 Å². The Labute approximate surface area is 219 Å². The molecule has 1 amide bonds. The first-order chi connectivity index (χ1) is 16.8. The number of amides is 1. The lowest BCUT2D eigenvalue weighted by molar-refractivity contribution is -0.116. The van der Waals surface area contributed by atoms with Crippen LogP contribution >= 0.6 is 23.2 Å². The van der Waals surface area contributed by atoms with Crippen LogP contribution in [0.15, 0.2) is 71.6 Å². The van der Waals surface area contributed by atoms with Crippen LogP contribution in [0.25, 0.3) is 0 Å². The fraction of sp³-hybridized carbons (Fsp3) is 0.174. The summed E-state index contributed by atoms with van der Waals surface area (Å²) in [4.78, 5) is 12.3. The van der Waals surface area contributed by atoms with Gasteiger partial charge in [0.2, 0.25) is 15.9 Å². The lowest BCUT2D eigenvalue weighted by atomic mass is 10.2. The molecule has 0 heterocycles. The zero-order chi connectivity index (χ0) is 26.5. The zero-order valence-electron chi connectivity index (χ0n) is 18.9. The van der Waals surface area contributed by atoms with E-state index in [1.54, 1.807) is 0 Å². The van der Waals surface area contributed by atoms with Crippen molar-refractivity contribution in [3.05, 3.63) is 82.6 Å². The van der Waals surface area contributed by atoms with Crippen molar-refractivity contribution >= 4 is 66.2 Å². The molecule has 0 saturated carbocycles. The van der Waals surface area contributed by atoms with Gasteiger partial charge < -0.3 is 5.32 Å². The predicted octanol–water partition coefficient (Wildman–Crippen LogP) is 5.12. The van der Waals surface area contributed by atoms with Gasteiger partial charge in [0.15, 0.2) is 0 Å². The van der Waals surface area contributed by atoms with E-state index < -0.39 is 25.9 Å². The molecular weight excluding hydrogens is 552 g/mol. The molecule has 13 heteroatoms. The molecule has 0 atom stereocenters. The Kier molecular flexibility index (Phi) is 8.83. The Hall–Kier alpha value is -2.86. The van der Waals surface area contributed by atoms with Gasteiger partial charge in [0.1, 0.15) is 5.82 Å². The molecule has 3 rings (SSSR count). The number of halogens is 3. The third-order valence-corrected chi connectivity index (χ3v) is 8.03. The molecule has 0 aliphatic rings. The van der Waals surface area contributed by atoms with Crippen molar-refractivity contribution in [2.24, 2.45) is 0 Å². The van der Waals surface area contributed by atoms with Crippen LogP contribution < -0.4 is 14.3 Å². The van der Waals surface area contributed by atoms with E-state index >= 15 is 0 Å². The van der Waals surface area contributed by atoms with Crippen LogP contribution in [0.1, 0.15) is 12.8 Å². The Bertz CT molecular complexity index is 1450. The van der Waals surface area contributed by atoms with E-state index in [9.17, 15) is 26.0 Å². The van der Waals surface area contributed by atoms with E-state index in [4.69, 9.17) is 23.2 Å². The number of sulfonamides is 2. The Morgan fingerprint density at radius 2 is 1.58 bits per heavy atom. The SMILES string of the molecule is CS(=O)(=O)N(CCCC(=O)Nc1ccc(S(=O)(=O)Nc2ccc(Cl)cc2Cl)cc1)c1ccc(F)cc1. The molecule has 0 radical (unpaired) electrons. The molecule has 2 N–H and O–H groups in total. The largest absolute Gasteiger partial charge is 0.326 e. The van der Waals surface area contributed by atoms with E-state index in [1.165, 1.54) is 54.6 Å². The van der Waals surface area contributed by atoms with Crippen LogP contribution in [0.5, 0.6) is 0 Å². The van der Waals surface area contributed by atoms with Gasteiger partial charge in [0, 0.05) is 23.7 Å². The zero-order valence-corrected chi connectivity index (χ0v) is 22.1. The van der Waals surface area contributed by atoms with Crippen LogP contribution in [0.3, 0.4) is 0 Å². The highest BCUT2D eigenvalue weighted by Gasteiger charge is 2.18. The molecule has 0 unspecified atom stereocenters. The van der Waals surface area contributed by atoms with Crippen molar-refractivity contribution in [1.82, 2.24) is 0 Å². The third-order valence-electron chi connectivity index (χ3n) is 4.90. The molecule has 8 nitrogen and oxygen atoms in total. The van der Waals surface area contributed by atoms with Gasteiger partial charge in [0.25, 0.3) is 10.0 Å². The Balaban J connectivity index is 1.58. The van der Waals surface area contributed by atoms with Gasteiger partial charge in [-0.1, -0.05) is 23.2 Å². The number of nitrogens with one attached hydrogen (secondary N) is 2. The second-order valence-corrected chi connectivity index (χ2v) is 12.2. The van der Waals surface area contributed by atoms with E-state index in [-0.39, 0.29) is 40.9 Å². The number of benzene rings is 3. The second-order valence-electron chi connectivity index (χ2n) is 7.72. The highest BCUT2D eigenvalue weighted by Crippen LogP contribution is 2.28. The lowest BCUT2D eigenvalue weighted by Gasteiger charge is -2.22. The number of carbonyl (C=O) groups excluding carboxylic acids is 1. The van der Waals surface area contributed by atoms with Crippen LogP contribution in [-0.4, -0.2) is 35.5 Å². The maximum atomic E-state index is 13.2. The fourth-order valence-electron chi connectivity index (χ4n) is 3.19. The van der Waals surface area contributed by atoms with Gasteiger partial charge in [0.05, 0.1) is 27.5 Å². The summed E-state index contributed by atoms with van der Waals surface area (Å²) in [6.45, 7) is 0.0218. The summed E-state index contributed by atoms with van der Waals surface area (Å²) in [7, 11) is -7.57. The number of hydrogen-bond donors (Lipinski definition) is 2. The van der Waals surface area contributed by atoms with Crippen LogP contribution in [0.4, 0.5) is 21.5 Å². The minimum absolute atomic E-state index is 0.00386. The van der Waals surface area contributed by atoms with Gasteiger partial charge in [-0.3, -0.25) is 13.8 Å². The van der Waals surface area contributed by atoms with Crippen LogP contribution in [0, 0.1) is 5.82 Å². The summed E-state index contributed by atoms with van der Waals surface area (Å²) in [5.74, 6) is -0.876. The summed E-state index contributed by atoms with van der Waals surface area (Å²) in [5.41, 5.74) is 0.828. The van der Waals surface area contributed by atoms with Crippen LogP contribution in [-0.2, 0) is 24.8 Å². The molecule has 3 aromatic carbocycles. The first-order valence-corrected chi connectivity index (χ1v) is 14.5. The molecule has 0 aliphatic heterocycles. The monoisotopic (exact) mass is 573 g/mol. The first kappa shape index (κ1) is 27.7. The van der Waals surface area contributed by atoms with Crippen molar-refractivity contribution in [2.45, 2.75) is 17.7 Å². The number of nitrogens with zero attached hydrogens (tertiary/aromatic N) is 1. The fourth-order valence-corrected chi connectivity index (χ4v) is 5.75. The molecule has 0 spiro atoms. The Morgan fingerprint density at radius 1 is 0.944 bits per heavy atom. The lowest BCUT2D eigenvalue weighted by Crippen LogP contribution is -2.31. The molecule has 0 aliphatic carbocycles. The van der Waals surface area contributed by atoms with E-state index in [1.807, 2.05) is 0 Å². The minimum Gasteiger partial charge on any atom is -0.326 e. The van der Waals surface area contributed by atoms with E-state index in [2.05, 4.69) is 10.0 Å². The van der Waals surface area contributed by atoms with Crippen LogP contribution in [0.2, 0.25) is 10.0 Å². The number of carbonyl (C=O) groups is 1. The summed E-state index contributed by atoms with van der Waals surface area (Å²) in [6.07, 6.45) is 1.24. The normalized spacial score (nSPS) is 11.7. The molecule has 0 saturated heterocycles. The van der Waals surface area contributed by atoms with Gasteiger partial charge in [-0.15, -0.1) is 0 Å². The van der Waals surface area contributed by atoms with Gasteiger partial charge >= 0.3 is 0 Å². The van der Waals surface area contributed by atoms with E-state index in [0.29, 0.717) is 16.4 Å². The van der Waals surface area contributed by atoms with Crippen molar-refractivity contribution in [1.29, 1.82) is 0 Å². The maximum Gasteiger partial charge on any atom is 0.261 e. The van der Waals surface area contributed by atoms with Gasteiger partial charge in [-0.2, -0.15) is 0 Å². The summed E-state index contributed by atoms with van der Waals surface area (Å²) >= 11 is 11.8. The van der Waals surface area contributed by atoms with Gasteiger partial charge in [-0.25, -0.2) is 21.2 Å². The molecule has 0 fully saturated rings. The third kappa shape index (κ3) is 7.57. The molecule has 0 aromatic heterocycles. The Morgan fingerprint density at radius 3 is 2.17 bits per heavy atom. The summed E-state index contributed by atoms with van der Waals surface area (Å²) in [5, 5.41) is 3.14. The maximum absolute atomic E-state index is 13.2. The molecule has 192 valence electrons. The van der Waals surface area contributed by atoms with E-state index in [0.717, 1.165) is 22.7 Å². The summed E-state index contributed by atoms with van der Waals surface area (Å²) in [6, 6.07) is 14.9.